The van der Waals surface area contributed by atoms with Crippen LogP contribution in [0.5, 0.6) is 0 Å². The summed E-state index contributed by atoms with van der Waals surface area (Å²) in [6.45, 7) is 0. The van der Waals surface area contributed by atoms with Gasteiger partial charge in [0.1, 0.15) is 11.9 Å². The van der Waals surface area contributed by atoms with Crippen LogP contribution < -0.4 is 0 Å². The van der Waals surface area contributed by atoms with Crippen LogP contribution in [0.3, 0.4) is 0 Å². The Hall–Kier alpha value is -1.97. The van der Waals surface area contributed by atoms with Crippen LogP contribution in [-0.4, -0.2) is 17.4 Å². The van der Waals surface area contributed by atoms with Crippen molar-refractivity contribution >= 4 is 7.32 Å². The fourth-order valence-electron chi connectivity index (χ4n) is 2.58. The molecule has 0 saturated heterocycles. The van der Waals surface area contributed by atoms with Crippen molar-refractivity contribution in [2.75, 3.05) is 0 Å². The third-order valence-corrected chi connectivity index (χ3v) is 3.40. The van der Waals surface area contributed by atoms with E-state index in [1.165, 1.54) is 12.1 Å². The summed E-state index contributed by atoms with van der Waals surface area (Å²) in [7, 11) is -2.41. The van der Waals surface area contributed by atoms with E-state index in [0.29, 0.717) is 0 Å². The van der Waals surface area contributed by atoms with E-state index in [2.05, 4.69) is 4.65 Å². The molecule has 0 spiro atoms. The maximum atomic E-state index is 14.0. The van der Waals surface area contributed by atoms with Gasteiger partial charge in [0.2, 0.25) is 0 Å². The van der Waals surface area contributed by atoms with E-state index in [-0.39, 0.29) is 5.56 Å². The maximum absolute atomic E-state index is 14.0. The van der Waals surface area contributed by atoms with Crippen molar-refractivity contribution in [3.63, 3.8) is 0 Å². The summed E-state index contributed by atoms with van der Waals surface area (Å²) in [5, 5.41) is 17.7. The van der Waals surface area contributed by atoms with Crippen LogP contribution in [0, 0.1) is 29.1 Å². The van der Waals surface area contributed by atoms with Gasteiger partial charge in [-0.15, -0.1) is 0 Å². The molecule has 1 aliphatic carbocycles. The highest BCUT2D eigenvalue weighted by molar-refractivity contribution is 6.32. The minimum absolute atomic E-state index is 0.175. The molecule has 22 heavy (non-hydrogen) atoms. The molecule has 1 unspecified atom stereocenters. The molecule has 0 aromatic heterocycles. The Morgan fingerprint density at radius 3 is 2.14 bits per heavy atom. The standard InChI is InChI=1S/C13H6BF5O3/c15-5-3-1-2-4-6(5)7-8(13(4)22-14(20)21)10(17)12(19)11(18)9(7)16/h1-3,13,20-21H. The zero-order valence-electron chi connectivity index (χ0n) is 10.6. The van der Waals surface area contributed by atoms with Gasteiger partial charge in [-0.3, -0.25) is 0 Å². The maximum Gasteiger partial charge on any atom is 0.634 e. The molecule has 0 bridgehead atoms. The van der Waals surface area contributed by atoms with Gasteiger partial charge in [0, 0.05) is 16.7 Å². The minimum atomic E-state index is -2.41. The van der Waals surface area contributed by atoms with Crippen molar-refractivity contribution in [1.82, 2.24) is 0 Å². The Labute approximate surface area is 120 Å². The average molecular weight is 316 g/mol. The van der Waals surface area contributed by atoms with Gasteiger partial charge in [-0.25, -0.2) is 22.0 Å². The first-order chi connectivity index (χ1) is 10.3. The fourth-order valence-corrected chi connectivity index (χ4v) is 2.58. The van der Waals surface area contributed by atoms with Crippen LogP contribution in [0.4, 0.5) is 22.0 Å². The Balaban J connectivity index is 2.40. The molecule has 0 fully saturated rings. The van der Waals surface area contributed by atoms with Gasteiger partial charge >= 0.3 is 7.32 Å². The van der Waals surface area contributed by atoms with E-state index in [0.717, 1.165) is 6.07 Å². The number of hydrogen-bond acceptors (Lipinski definition) is 3. The molecular formula is C13H6BF5O3. The summed E-state index contributed by atoms with van der Waals surface area (Å²) in [4.78, 5) is 0. The Bertz CT molecular complexity index is 781. The van der Waals surface area contributed by atoms with Crippen molar-refractivity contribution < 1.29 is 36.7 Å². The lowest BCUT2D eigenvalue weighted by Gasteiger charge is -2.15. The molecule has 0 amide bonds. The third kappa shape index (κ3) is 1.93. The highest BCUT2D eigenvalue weighted by atomic mass is 19.2. The van der Waals surface area contributed by atoms with Crippen LogP contribution >= 0.6 is 0 Å². The first-order valence-corrected chi connectivity index (χ1v) is 6.00. The van der Waals surface area contributed by atoms with E-state index in [9.17, 15) is 22.0 Å². The molecule has 0 radical (unpaired) electrons. The van der Waals surface area contributed by atoms with Gasteiger partial charge < -0.3 is 14.7 Å². The SMILES string of the molecule is OB(O)OC1c2cccc(F)c2-c2c(F)c(F)c(F)c(F)c21. The number of hydrogen-bond donors (Lipinski definition) is 2. The predicted octanol–water partition coefficient (Wildman–Crippen LogP) is 2.44. The second-order valence-electron chi connectivity index (χ2n) is 4.59. The second-order valence-corrected chi connectivity index (χ2v) is 4.59. The van der Waals surface area contributed by atoms with Crippen molar-refractivity contribution in [3.05, 3.63) is 58.4 Å². The van der Waals surface area contributed by atoms with Gasteiger partial charge in [-0.05, 0) is 11.6 Å². The van der Waals surface area contributed by atoms with E-state index in [1.54, 1.807) is 0 Å². The van der Waals surface area contributed by atoms with Crippen LogP contribution in [-0.2, 0) is 4.65 Å². The molecule has 0 aliphatic heterocycles. The fraction of sp³-hybridized carbons (Fsp3) is 0.0769. The van der Waals surface area contributed by atoms with Crippen LogP contribution in [0.1, 0.15) is 17.2 Å². The minimum Gasteiger partial charge on any atom is -0.402 e. The molecule has 1 atom stereocenters. The molecule has 3 rings (SSSR count). The summed E-state index contributed by atoms with van der Waals surface area (Å²) >= 11 is 0. The summed E-state index contributed by atoms with van der Waals surface area (Å²) < 4.78 is 73.3. The number of benzene rings is 2. The third-order valence-electron chi connectivity index (χ3n) is 3.40. The van der Waals surface area contributed by atoms with Gasteiger partial charge in [0.15, 0.2) is 23.3 Å². The van der Waals surface area contributed by atoms with E-state index < -0.39 is 59.2 Å². The second kappa shape index (κ2) is 5.04. The summed E-state index contributed by atoms with van der Waals surface area (Å²) in [5.41, 5.74) is -2.36. The normalized spacial score (nSPS) is 15.7. The Morgan fingerprint density at radius 2 is 1.50 bits per heavy atom. The van der Waals surface area contributed by atoms with Crippen molar-refractivity contribution in [3.8, 4) is 11.1 Å². The lowest BCUT2D eigenvalue weighted by atomic mass is 10.0. The first kappa shape index (κ1) is 15.0. The first-order valence-electron chi connectivity index (χ1n) is 6.00. The highest BCUT2D eigenvalue weighted by Gasteiger charge is 2.41. The van der Waals surface area contributed by atoms with Crippen molar-refractivity contribution in [2.45, 2.75) is 6.10 Å². The molecule has 2 aromatic rings. The van der Waals surface area contributed by atoms with Crippen molar-refractivity contribution in [1.29, 1.82) is 0 Å². The summed E-state index contributed by atoms with van der Waals surface area (Å²) in [5.74, 6) is -8.75. The molecule has 2 N–H and O–H groups in total. The zero-order chi connectivity index (χ0) is 16.2. The average Bonchev–Trinajstić information content (AvgIpc) is 2.78. The van der Waals surface area contributed by atoms with Gasteiger partial charge in [0.05, 0.1) is 0 Å². The summed E-state index contributed by atoms with van der Waals surface area (Å²) in [6, 6.07) is 3.29. The van der Waals surface area contributed by atoms with Crippen LogP contribution in [0.25, 0.3) is 11.1 Å². The topological polar surface area (TPSA) is 49.7 Å². The van der Waals surface area contributed by atoms with Crippen molar-refractivity contribution in [2.24, 2.45) is 0 Å². The molecule has 3 nitrogen and oxygen atoms in total. The molecule has 1 aliphatic rings. The highest BCUT2D eigenvalue weighted by Crippen LogP contribution is 2.49. The van der Waals surface area contributed by atoms with E-state index >= 15 is 0 Å². The number of halogens is 5. The molecular weight excluding hydrogens is 310 g/mol. The quantitative estimate of drug-likeness (QED) is 0.387. The van der Waals surface area contributed by atoms with E-state index in [1.807, 2.05) is 0 Å². The molecule has 9 heteroatoms. The monoisotopic (exact) mass is 316 g/mol. The predicted molar refractivity (Wildman–Crippen MR) is 64.8 cm³/mol. The smallest absolute Gasteiger partial charge is 0.402 e. The molecule has 114 valence electrons. The lowest BCUT2D eigenvalue weighted by molar-refractivity contribution is 0.142. The van der Waals surface area contributed by atoms with E-state index in [4.69, 9.17) is 10.0 Å². The van der Waals surface area contributed by atoms with Crippen LogP contribution in [0.2, 0.25) is 0 Å². The largest absolute Gasteiger partial charge is 0.634 e. The van der Waals surface area contributed by atoms with Gasteiger partial charge in [-0.1, -0.05) is 12.1 Å². The molecule has 0 heterocycles. The molecule has 2 aromatic carbocycles. The van der Waals surface area contributed by atoms with Gasteiger partial charge in [-0.2, -0.15) is 0 Å². The lowest BCUT2D eigenvalue weighted by Crippen LogP contribution is -2.21. The Morgan fingerprint density at radius 1 is 0.864 bits per heavy atom. The van der Waals surface area contributed by atoms with Crippen LogP contribution in [0.15, 0.2) is 18.2 Å². The number of rotatable bonds is 2. The van der Waals surface area contributed by atoms with Gasteiger partial charge in [0.25, 0.3) is 0 Å². The summed E-state index contributed by atoms with van der Waals surface area (Å²) in [6.07, 6.45) is -1.69. The molecule has 0 saturated carbocycles. The zero-order valence-corrected chi connectivity index (χ0v) is 10.6. The Kier molecular flexibility index (Phi) is 3.43. The number of fused-ring (bicyclic) bond motifs is 3.